The summed E-state index contributed by atoms with van der Waals surface area (Å²) in [6.45, 7) is 2.40. The maximum absolute atomic E-state index is 10.4. The lowest BCUT2D eigenvalue weighted by Crippen LogP contribution is -2.07. The number of anilines is 1. The van der Waals surface area contributed by atoms with Crippen LogP contribution in [0, 0.1) is 6.92 Å². The molecule has 7 nitrogen and oxygen atoms in total. The van der Waals surface area contributed by atoms with E-state index in [1.54, 1.807) is 12.4 Å². The molecule has 2 heterocycles. The standard InChI is InChI=1S/C10H13N5O2/c1-7-13-14-10-9(12-5-6-15(7)10)11-4-2-3-8(16)17/h5-6H,2-4H2,1H3,(H,11,12)(H,16,17). The second-order valence-electron chi connectivity index (χ2n) is 3.64. The van der Waals surface area contributed by atoms with Crippen molar-refractivity contribution in [3.05, 3.63) is 18.2 Å². The summed E-state index contributed by atoms with van der Waals surface area (Å²) in [6, 6.07) is 0. The van der Waals surface area contributed by atoms with Gasteiger partial charge in [-0.1, -0.05) is 0 Å². The molecule has 2 rings (SSSR count). The van der Waals surface area contributed by atoms with Crippen LogP contribution in [-0.2, 0) is 4.79 Å². The fraction of sp³-hybridized carbons (Fsp3) is 0.400. The van der Waals surface area contributed by atoms with E-state index in [4.69, 9.17) is 5.11 Å². The van der Waals surface area contributed by atoms with E-state index in [2.05, 4.69) is 20.5 Å². The summed E-state index contributed by atoms with van der Waals surface area (Å²) in [5, 5.41) is 19.5. The largest absolute Gasteiger partial charge is 0.481 e. The van der Waals surface area contributed by atoms with Crippen molar-refractivity contribution in [2.45, 2.75) is 19.8 Å². The number of hydrogen-bond donors (Lipinski definition) is 2. The smallest absolute Gasteiger partial charge is 0.303 e. The number of rotatable bonds is 5. The first-order valence-corrected chi connectivity index (χ1v) is 5.30. The molecular weight excluding hydrogens is 222 g/mol. The first-order valence-electron chi connectivity index (χ1n) is 5.30. The molecule has 0 saturated carbocycles. The molecule has 2 aromatic heterocycles. The van der Waals surface area contributed by atoms with E-state index in [9.17, 15) is 4.79 Å². The number of aliphatic carboxylic acids is 1. The van der Waals surface area contributed by atoms with Crippen LogP contribution in [0.15, 0.2) is 12.4 Å². The number of carboxylic acid groups (broad SMARTS) is 1. The molecule has 0 aromatic carbocycles. The third-order valence-electron chi connectivity index (χ3n) is 2.36. The van der Waals surface area contributed by atoms with Crippen LogP contribution in [0.3, 0.4) is 0 Å². The Morgan fingerprint density at radius 1 is 1.53 bits per heavy atom. The number of fused-ring (bicyclic) bond motifs is 1. The van der Waals surface area contributed by atoms with Gasteiger partial charge < -0.3 is 10.4 Å². The average Bonchev–Trinajstić information content (AvgIpc) is 2.67. The van der Waals surface area contributed by atoms with Crippen LogP contribution in [0.1, 0.15) is 18.7 Å². The lowest BCUT2D eigenvalue weighted by molar-refractivity contribution is -0.137. The summed E-state index contributed by atoms with van der Waals surface area (Å²) in [7, 11) is 0. The zero-order valence-corrected chi connectivity index (χ0v) is 9.42. The quantitative estimate of drug-likeness (QED) is 0.741. The van der Waals surface area contributed by atoms with Crippen LogP contribution in [0.2, 0.25) is 0 Å². The Morgan fingerprint density at radius 2 is 2.35 bits per heavy atom. The second kappa shape index (κ2) is 4.77. The minimum Gasteiger partial charge on any atom is -0.481 e. The Kier molecular flexibility index (Phi) is 3.17. The van der Waals surface area contributed by atoms with Crippen LogP contribution in [0.5, 0.6) is 0 Å². The Balaban J connectivity index is 2.06. The zero-order valence-electron chi connectivity index (χ0n) is 9.42. The van der Waals surface area contributed by atoms with Crippen LogP contribution < -0.4 is 5.32 Å². The van der Waals surface area contributed by atoms with Gasteiger partial charge in [0.25, 0.3) is 0 Å². The Hall–Kier alpha value is -2.18. The summed E-state index contributed by atoms with van der Waals surface area (Å²) in [5.74, 6) is 0.616. The van der Waals surface area contributed by atoms with E-state index in [1.165, 1.54) is 0 Å². The van der Waals surface area contributed by atoms with Gasteiger partial charge in [-0.2, -0.15) is 0 Å². The molecule has 0 radical (unpaired) electrons. The molecule has 0 aliphatic rings. The molecule has 0 atom stereocenters. The predicted octanol–water partition coefficient (Wildman–Crippen LogP) is 0.709. The number of carboxylic acids is 1. The summed E-state index contributed by atoms with van der Waals surface area (Å²) in [6.07, 6.45) is 4.13. The molecule has 17 heavy (non-hydrogen) atoms. The molecule has 2 N–H and O–H groups in total. The van der Waals surface area contributed by atoms with E-state index in [1.807, 2.05) is 11.3 Å². The number of nitrogens with one attached hydrogen (secondary N) is 1. The maximum Gasteiger partial charge on any atom is 0.303 e. The predicted molar refractivity (Wildman–Crippen MR) is 60.9 cm³/mol. The van der Waals surface area contributed by atoms with Gasteiger partial charge in [0.2, 0.25) is 5.65 Å². The highest BCUT2D eigenvalue weighted by Gasteiger charge is 2.06. The maximum atomic E-state index is 10.4. The molecule has 0 aliphatic carbocycles. The Bertz CT molecular complexity index is 536. The highest BCUT2D eigenvalue weighted by atomic mass is 16.4. The Labute approximate surface area is 97.5 Å². The summed E-state index contributed by atoms with van der Waals surface area (Å²) >= 11 is 0. The lowest BCUT2D eigenvalue weighted by Gasteiger charge is -2.05. The molecule has 7 heteroatoms. The third kappa shape index (κ3) is 2.49. The molecule has 0 amide bonds. The van der Waals surface area contributed by atoms with Gasteiger partial charge in [-0.15, -0.1) is 10.2 Å². The summed E-state index contributed by atoms with van der Waals surface area (Å²) in [5.41, 5.74) is 0.653. The van der Waals surface area contributed by atoms with Crippen LogP contribution in [0.4, 0.5) is 5.82 Å². The van der Waals surface area contributed by atoms with Gasteiger partial charge in [0.05, 0.1) is 0 Å². The molecule has 0 fully saturated rings. The van der Waals surface area contributed by atoms with E-state index in [0.717, 1.165) is 5.82 Å². The first-order chi connectivity index (χ1) is 8.18. The van der Waals surface area contributed by atoms with Crippen molar-refractivity contribution in [1.82, 2.24) is 19.6 Å². The van der Waals surface area contributed by atoms with Crippen molar-refractivity contribution in [2.75, 3.05) is 11.9 Å². The monoisotopic (exact) mass is 235 g/mol. The van der Waals surface area contributed by atoms with Crippen molar-refractivity contribution in [2.24, 2.45) is 0 Å². The molecule has 0 unspecified atom stereocenters. The summed E-state index contributed by atoms with van der Waals surface area (Å²) < 4.78 is 1.83. The first kappa shape index (κ1) is 11.3. The summed E-state index contributed by atoms with van der Waals surface area (Å²) in [4.78, 5) is 14.5. The minimum atomic E-state index is -0.795. The van der Waals surface area contributed by atoms with Gasteiger partial charge in [0.15, 0.2) is 5.82 Å². The SMILES string of the molecule is Cc1nnc2c(NCCCC(=O)O)nccn12. The van der Waals surface area contributed by atoms with Crippen LogP contribution in [-0.4, -0.2) is 37.2 Å². The number of hydrogen-bond acceptors (Lipinski definition) is 5. The van der Waals surface area contributed by atoms with Gasteiger partial charge in [-0.3, -0.25) is 9.20 Å². The van der Waals surface area contributed by atoms with Crippen molar-refractivity contribution in [3.8, 4) is 0 Å². The highest BCUT2D eigenvalue weighted by Crippen LogP contribution is 2.11. The third-order valence-corrected chi connectivity index (χ3v) is 2.36. The van der Waals surface area contributed by atoms with E-state index in [0.29, 0.717) is 24.4 Å². The van der Waals surface area contributed by atoms with Gasteiger partial charge >= 0.3 is 5.97 Å². The van der Waals surface area contributed by atoms with Crippen LogP contribution in [0.25, 0.3) is 5.65 Å². The second-order valence-corrected chi connectivity index (χ2v) is 3.64. The van der Waals surface area contributed by atoms with Gasteiger partial charge in [-0.25, -0.2) is 4.98 Å². The number of aryl methyl sites for hydroxylation is 1. The van der Waals surface area contributed by atoms with Crippen molar-refractivity contribution < 1.29 is 9.90 Å². The highest BCUT2D eigenvalue weighted by molar-refractivity contribution is 5.67. The molecule has 0 aliphatic heterocycles. The van der Waals surface area contributed by atoms with E-state index < -0.39 is 5.97 Å². The van der Waals surface area contributed by atoms with Crippen molar-refractivity contribution in [3.63, 3.8) is 0 Å². The zero-order chi connectivity index (χ0) is 12.3. The average molecular weight is 235 g/mol. The minimum absolute atomic E-state index is 0.141. The molecular formula is C10H13N5O2. The van der Waals surface area contributed by atoms with E-state index >= 15 is 0 Å². The molecule has 0 saturated heterocycles. The molecule has 90 valence electrons. The topological polar surface area (TPSA) is 92.4 Å². The van der Waals surface area contributed by atoms with E-state index in [-0.39, 0.29) is 6.42 Å². The van der Waals surface area contributed by atoms with Crippen LogP contribution >= 0.6 is 0 Å². The van der Waals surface area contributed by atoms with Crippen molar-refractivity contribution in [1.29, 1.82) is 0 Å². The number of aromatic nitrogens is 4. The van der Waals surface area contributed by atoms with Gasteiger partial charge in [0.1, 0.15) is 5.82 Å². The molecule has 2 aromatic rings. The normalized spacial score (nSPS) is 10.6. The fourth-order valence-electron chi connectivity index (χ4n) is 1.51. The van der Waals surface area contributed by atoms with Gasteiger partial charge in [0, 0.05) is 25.4 Å². The molecule has 0 spiro atoms. The molecule has 0 bridgehead atoms. The fourth-order valence-corrected chi connectivity index (χ4v) is 1.51. The van der Waals surface area contributed by atoms with Crippen molar-refractivity contribution >= 4 is 17.4 Å². The van der Waals surface area contributed by atoms with Gasteiger partial charge in [-0.05, 0) is 13.3 Å². The number of nitrogens with zero attached hydrogens (tertiary/aromatic N) is 4. The lowest BCUT2D eigenvalue weighted by atomic mass is 10.3. The number of carbonyl (C=O) groups is 1. The Morgan fingerprint density at radius 3 is 3.12 bits per heavy atom.